The van der Waals surface area contributed by atoms with Crippen molar-refractivity contribution in [3.05, 3.63) is 34.1 Å². The minimum Gasteiger partial charge on any atom is -0.393 e. The minimum absolute atomic E-state index is 0.00000650. The lowest BCUT2D eigenvalue weighted by atomic mass is 9.87. The molecular weight excluding hydrogens is 297 g/mol. The van der Waals surface area contributed by atoms with Gasteiger partial charge < -0.3 is 10.4 Å². The van der Waals surface area contributed by atoms with E-state index in [4.69, 9.17) is 0 Å². The lowest BCUT2D eigenvalue weighted by Crippen LogP contribution is -2.31. The molecule has 0 aliphatic heterocycles. The van der Waals surface area contributed by atoms with Gasteiger partial charge in [-0.1, -0.05) is 35.8 Å². The summed E-state index contributed by atoms with van der Waals surface area (Å²) >= 11 is 3.24. The predicted octanol–water partition coefficient (Wildman–Crippen LogP) is 3.47. The smallest absolute Gasteiger partial charge is 0.128 e. The van der Waals surface area contributed by atoms with E-state index in [2.05, 4.69) is 35.1 Å². The highest BCUT2D eigenvalue weighted by molar-refractivity contribution is 9.10. The Labute approximate surface area is 117 Å². The van der Waals surface area contributed by atoms with Gasteiger partial charge in [-0.05, 0) is 30.9 Å². The molecule has 1 aromatic rings. The fraction of sp³-hybridized carbons (Fsp3) is 0.571. The van der Waals surface area contributed by atoms with E-state index in [-0.39, 0.29) is 17.3 Å². The van der Waals surface area contributed by atoms with Gasteiger partial charge in [0.1, 0.15) is 5.82 Å². The van der Waals surface area contributed by atoms with E-state index in [1.807, 2.05) is 6.07 Å². The molecule has 0 amide bonds. The quantitative estimate of drug-likeness (QED) is 0.842. The fourth-order valence-electron chi connectivity index (χ4n) is 2.07. The number of aliphatic hydroxyl groups excluding tert-OH is 1. The second-order valence-electron chi connectivity index (χ2n) is 5.56. The van der Waals surface area contributed by atoms with Gasteiger partial charge >= 0.3 is 0 Å². The standard InChI is InChI=1S/C14H21BrFNO/c1-10(18)7-14(2,3)9-17-8-11-4-5-12(15)6-13(11)16/h4-6,10,17-18H,7-9H2,1-3H3. The van der Waals surface area contributed by atoms with E-state index in [9.17, 15) is 9.50 Å². The molecule has 0 fully saturated rings. The maximum absolute atomic E-state index is 13.6. The highest BCUT2D eigenvalue weighted by Crippen LogP contribution is 2.21. The van der Waals surface area contributed by atoms with Crippen molar-refractivity contribution in [1.82, 2.24) is 5.32 Å². The molecule has 0 aliphatic carbocycles. The van der Waals surface area contributed by atoms with Crippen LogP contribution in [0.25, 0.3) is 0 Å². The molecule has 2 nitrogen and oxygen atoms in total. The van der Waals surface area contributed by atoms with Gasteiger partial charge in [0.15, 0.2) is 0 Å². The Hall–Kier alpha value is -0.450. The molecule has 1 atom stereocenters. The molecule has 2 N–H and O–H groups in total. The fourth-order valence-corrected chi connectivity index (χ4v) is 2.41. The van der Waals surface area contributed by atoms with Gasteiger partial charge in [-0.2, -0.15) is 0 Å². The lowest BCUT2D eigenvalue weighted by Gasteiger charge is -2.26. The Balaban J connectivity index is 2.46. The largest absolute Gasteiger partial charge is 0.393 e. The Morgan fingerprint density at radius 3 is 2.67 bits per heavy atom. The second kappa shape index (κ2) is 6.64. The zero-order chi connectivity index (χ0) is 13.8. The van der Waals surface area contributed by atoms with Crippen LogP contribution in [0.4, 0.5) is 4.39 Å². The molecule has 18 heavy (non-hydrogen) atoms. The molecule has 0 saturated heterocycles. The molecule has 0 spiro atoms. The third-order valence-corrected chi connectivity index (χ3v) is 3.28. The van der Waals surface area contributed by atoms with Crippen LogP contribution < -0.4 is 5.32 Å². The topological polar surface area (TPSA) is 32.3 Å². The van der Waals surface area contributed by atoms with Crippen LogP contribution in [0.15, 0.2) is 22.7 Å². The summed E-state index contributed by atoms with van der Waals surface area (Å²) in [6.07, 6.45) is 0.411. The summed E-state index contributed by atoms with van der Waals surface area (Å²) < 4.78 is 14.3. The molecule has 1 unspecified atom stereocenters. The first kappa shape index (κ1) is 15.6. The minimum atomic E-state index is -0.314. The third-order valence-electron chi connectivity index (χ3n) is 2.78. The summed E-state index contributed by atoms with van der Waals surface area (Å²) in [4.78, 5) is 0. The number of nitrogens with one attached hydrogen (secondary N) is 1. The molecule has 0 bridgehead atoms. The summed E-state index contributed by atoms with van der Waals surface area (Å²) in [5.41, 5.74) is 0.658. The van der Waals surface area contributed by atoms with E-state index in [0.29, 0.717) is 12.1 Å². The molecule has 0 aromatic heterocycles. The number of hydrogen-bond donors (Lipinski definition) is 2. The predicted molar refractivity (Wildman–Crippen MR) is 75.9 cm³/mol. The maximum atomic E-state index is 13.6. The Kier molecular flexibility index (Phi) is 5.76. The Morgan fingerprint density at radius 2 is 2.11 bits per heavy atom. The Bertz CT molecular complexity index is 393. The van der Waals surface area contributed by atoms with Crippen LogP contribution in [0.2, 0.25) is 0 Å². The molecule has 0 heterocycles. The van der Waals surface area contributed by atoms with Crippen LogP contribution in [0.1, 0.15) is 32.8 Å². The van der Waals surface area contributed by atoms with Gasteiger partial charge in [-0.3, -0.25) is 0 Å². The molecular formula is C14H21BrFNO. The van der Waals surface area contributed by atoms with Crippen LogP contribution in [-0.4, -0.2) is 17.8 Å². The van der Waals surface area contributed by atoms with Crippen LogP contribution >= 0.6 is 15.9 Å². The summed E-state index contributed by atoms with van der Waals surface area (Å²) in [5, 5.41) is 12.6. The zero-order valence-electron chi connectivity index (χ0n) is 11.1. The monoisotopic (exact) mass is 317 g/mol. The molecule has 0 radical (unpaired) electrons. The van der Waals surface area contributed by atoms with Crippen molar-refractivity contribution in [2.45, 2.75) is 39.8 Å². The van der Waals surface area contributed by atoms with Gasteiger partial charge in [0.2, 0.25) is 0 Å². The molecule has 4 heteroatoms. The first-order valence-corrected chi connectivity index (χ1v) is 6.92. The number of rotatable bonds is 6. The van der Waals surface area contributed by atoms with E-state index >= 15 is 0 Å². The van der Waals surface area contributed by atoms with Crippen LogP contribution in [0, 0.1) is 11.2 Å². The normalized spacial score (nSPS) is 13.7. The van der Waals surface area contributed by atoms with Crippen molar-refractivity contribution >= 4 is 15.9 Å². The number of aliphatic hydroxyl groups is 1. The summed E-state index contributed by atoms with van der Waals surface area (Å²) in [7, 11) is 0. The average molecular weight is 318 g/mol. The van der Waals surface area contributed by atoms with Crippen molar-refractivity contribution in [3.63, 3.8) is 0 Å². The third kappa shape index (κ3) is 5.46. The molecule has 0 aliphatic rings. The zero-order valence-corrected chi connectivity index (χ0v) is 12.7. The Morgan fingerprint density at radius 1 is 1.44 bits per heavy atom. The summed E-state index contributed by atoms with van der Waals surface area (Å²) in [6, 6.07) is 5.08. The van der Waals surface area contributed by atoms with Crippen LogP contribution in [-0.2, 0) is 6.54 Å². The number of halogens is 2. The highest BCUT2D eigenvalue weighted by Gasteiger charge is 2.19. The van der Waals surface area contributed by atoms with Crippen molar-refractivity contribution in [3.8, 4) is 0 Å². The van der Waals surface area contributed by atoms with Gasteiger partial charge in [-0.15, -0.1) is 0 Å². The first-order valence-electron chi connectivity index (χ1n) is 6.13. The number of hydrogen-bond acceptors (Lipinski definition) is 2. The van der Waals surface area contributed by atoms with E-state index in [0.717, 1.165) is 17.4 Å². The van der Waals surface area contributed by atoms with Gasteiger partial charge in [0.25, 0.3) is 0 Å². The maximum Gasteiger partial charge on any atom is 0.128 e. The van der Waals surface area contributed by atoms with E-state index in [1.54, 1.807) is 13.0 Å². The van der Waals surface area contributed by atoms with Crippen LogP contribution in [0.5, 0.6) is 0 Å². The average Bonchev–Trinajstić information content (AvgIpc) is 2.19. The number of benzene rings is 1. The second-order valence-corrected chi connectivity index (χ2v) is 6.47. The van der Waals surface area contributed by atoms with Crippen molar-refractivity contribution in [2.24, 2.45) is 5.41 Å². The first-order chi connectivity index (χ1) is 8.30. The van der Waals surface area contributed by atoms with Crippen molar-refractivity contribution in [1.29, 1.82) is 0 Å². The van der Waals surface area contributed by atoms with Gasteiger partial charge in [0, 0.05) is 23.1 Å². The summed E-state index contributed by atoms with van der Waals surface area (Å²) in [5.74, 6) is -0.204. The molecule has 102 valence electrons. The molecule has 0 saturated carbocycles. The van der Waals surface area contributed by atoms with Crippen molar-refractivity contribution in [2.75, 3.05) is 6.54 Å². The van der Waals surface area contributed by atoms with Crippen LogP contribution in [0.3, 0.4) is 0 Å². The van der Waals surface area contributed by atoms with Gasteiger partial charge in [-0.25, -0.2) is 4.39 Å². The van der Waals surface area contributed by atoms with E-state index in [1.165, 1.54) is 6.07 Å². The lowest BCUT2D eigenvalue weighted by molar-refractivity contribution is 0.128. The highest BCUT2D eigenvalue weighted by atomic mass is 79.9. The van der Waals surface area contributed by atoms with Crippen molar-refractivity contribution < 1.29 is 9.50 Å². The summed E-state index contributed by atoms with van der Waals surface area (Å²) in [6.45, 7) is 7.21. The van der Waals surface area contributed by atoms with E-state index < -0.39 is 0 Å². The van der Waals surface area contributed by atoms with Gasteiger partial charge in [0.05, 0.1) is 6.10 Å². The molecule has 1 aromatic carbocycles. The molecule has 1 rings (SSSR count). The SMILES string of the molecule is CC(O)CC(C)(C)CNCc1ccc(Br)cc1F.